The van der Waals surface area contributed by atoms with Crippen LogP contribution in [0.4, 0.5) is 5.69 Å². The summed E-state index contributed by atoms with van der Waals surface area (Å²) in [5, 5.41) is 9.38. The molecule has 0 bridgehead atoms. The van der Waals surface area contributed by atoms with Gasteiger partial charge in [-0.3, -0.25) is 4.79 Å². The molecular formula is C16H24N2O2. The van der Waals surface area contributed by atoms with Crippen molar-refractivity contribution in [3.05, 3.63) is 29.8 Å². The maximum Gasteiger partial charge on any atom is 0.223 e. The molecule has 1 aromatic carbocycles. The normalized spacial score (nSPS) is 20.7. The molecule has 0 spiro atoms. The summed E-state index contributed by atoms with van der Waals surface area (Å²) in [6.45, 7) is 2.90. The van der Waals surface area contributed by atoms with E-state index in [4.69, 9.17) is 5.73 Å². The van der Waals surface area contributed by atoms with E-state index >= 15 is 0 Å². The summed E-state index contributed by atoms with van der Waals surface area (Å²) in [7, 11) is 0. The van der Waals surface area contributed by atoms with Crippen LogP contribution in [0.2, 0.25) is 0 Å². The van der Waals surface area contributed by atoms with Crippen LogP contribution in [-0.4, -0.2) is 35.1 Å². The molecule has 20 heavy (non-hydrogen) atoms. The Balaban J connectivity index is 1.97. The van der Waals surface area contributed by atoms with Gasteiger partial charge in [-0.2, -0.15) is 0 Å². The highest BCUT2D eigenvalue weighted by atomic mass is 16.3. The van der Waals surface area contributed by atoms with Crippen molar-refractivity contribution in [2.75, 3.05) is 18.9 Å². The number of aliphatic hydroxyl groups excluding tert-OH is 1. The number of nitrogens with two attached hydrogens (primary N) is 1. The van der Waals surface area contributed by atoms with Crippen molar-refractivity contribution in [2.24, 2.45) is 0 Å². The molecule has 1 heterocycles. The average Bonchev–Trinajstić information content (AvgIpc) is 2.47. The second-order valence-corrected chi connectivity index (χ2v) is 5.69. The van der Waals surface area contributed by atoms with Gasteiger partial charge in [-0.25, -0.2) is 0 Å². The number of anilines is 1. The Bertz CT molecular complexity index is 444. The summed E-state index contributed by atoms with van der Waals surface area (Å²) < 4.78 is 0. The molecule has 2 unspecified atom stereocenters. The van der Waals surface area contributed by atoms with E-state index in [0.717, 1.165) is 37.1 Å². The van der Waals surface area contributed by atoms with Crippen molar-refractivity contribution < 1.29 is 9.90 Å². The van der Waals surface area contributed by atoms with E-state index in [2.05, 4.69) is 6.92 Å². The number of nitrogen functional groups attached to an aromatic ring is 1. The minimum Gasteiger partial charge on any atom is -0.399 e. The molecule has 4 nitrogen and oxygen atoms in total. The van der Waals surface area contributed by atoms with Crippen LogP contribution in [0.25, 0.3) is 0 Å². The second-order valence-electron chi connectivity index (χ2n) is 5.69. The third-order valence-electron chi connectivity index (χ3n) is 4.14. The third kappa shape index (κ3) is 3.51. The highest BCUT2D eigenvalue weighted by Crippen LogP contribution is 2.24. The fourth-order valence-electron chi connectivity index (χ4n) is 2.84. The fraction of sp³-hybridized carbons (Fsp3) is 0.562. The third-order valence-corrected chi connectivity index (χ3v) is 4.14. The van der Waals surface area contributed by atoms with Gasteiger partial charge in [-0.05, 0) is 42.9 Å². The first kappa shape index (κ1) is 14.9. The van der Waals surface area contributed by atoms with Crippen LogP contribution >= 0.6 is 0 Å². The zero-order valence-corrected chi connectivity index (χ0v) is 12.1. The average molecular weight is 276 g/mol. The van der Waals surface area contributed by atoms with Gasteiger partial charge in [0.15, 0.2) is 0 Å². The van der Waals surface area contributed by atoms with Gasteiger partial charge in [0.25, 0.3) is 0 Å². The van der Waals surface area contributed by atoms with Crippen LogP contribution < -0.4 is 5.73 Å². The zero-order chi connectivity index (χ0) is 14.5. The monoisotopic (exact) mass is 276 g/mol. The van der Waals surface area contributed by atoms with Gasteiger partial charge in [-0.1, -0.05) is 19.1 Å². The van der Waals surface area contributed by atoms with Gasteiger partial charge in [0.1, 0.15) is 0 Å². The van der Waals surface area contributed by atoms with E-state index in [9.17, 15) is 9.90 Å². The summed E-state index contributed by atoms with van der Waals surface area (Å²) in [5.74, 6) is 0.317. The Hall–Kier alpha value is -1.55. The first-order chi connectivity index (χ1) is 9.61. The molecule has 0 radical (unpaired) electrons. The van der Waals surface area contributed by atoms with Crippen molar-refractivity contribution in [1.82, 2.24) is 4.90 Å². The molecule has 1 saturated heterocycles. The van der Waals surface area contributed by atoms with Gasteiger partial charge in [-0.15, -0.1) is 0 Å². The minimum absolute atomic E-state index is 0.00914. The topological polar surface area (TPSA) is 66.6 Å². The number of amides is 1. The molecule has 110 valence electrons. The highest BCUT2D eigenvalue weighted by molar-refractivity contribution is 5.77. The Labute approximate surface area is 120 Å². The van der Waals surface area contributed by atoms with E-state index in [0.29, 0.717) is 6.42 Å². The summed E-state index contributed by atoms with van der Waals surface area (Å²) in [5.41, 5.74) is 7.55. The van der Waals surface area contributed by atoms with Crippen LogP contribution in [0, 0.1) is 0 Å². The first-order valence-electron chi connectivity index (χ1n) is 7.37. The molecule has 4 heteroatoms. The quantitative estimate of drug-likeness (QED) is 0.828. The maximum atomic E-state index is 12.4. The molecule has 0 saturated carbocycles. The van der Waals surface area contributed by atoms with Crippen molar-refractivity contribution in [2.45, 2.75) is 44.6 Å². The Morgan fingerprint density at radius 2 is 2.10 bits per heavy atom. The maximum absolute atomic E-state index is 12.4. The molecule has 1 aliphatic heterocycles. The van der Waals surface area contributed by atoms with Crippen LogP contribution in [0.15, 0.2) is 24.3 Å². The van der Waals surface area contributed by atoms with E-state index in [1.54, 1.807) is 0 Å². The number of piperidine rings is 1. The predicted molar refractivity (Wildman–Crippen MR) is 80.3 cm³/mol. The SMILES string of the molecule is CC(CC(=O)N1CCCCC1CO)c1ccc(N)cc1. The van der Waals surface area contributed by atoms with Gasteiger partial charge in [0, 0.05) is 18.7 Å². The molecule has 0 aromatic heterocycles. The van der Waals surface area contributed by atoms with Gasteiger partial charge in [0.2, 0.25) is 5.91 Å². The highest BCUT2D eigenvalue weighted by Gasteiger charge is 2.26. The molecule has 2 rings (SSSR count). The number of aliphatic hydroxyl groups is 1. The minimum atomic E-state index is 0.00914. The van der Waals surface area contributed by atoms with E-state index in [-0.39, 0.29) is 24.5 Å². The lowest BCUT2D eigenvalue weighted by Crippen LogP contribution is -2.45. The van der Waals surface area contributed by atoms with E-state index < -0.39 is 0 Å². The number of hydrogen-bond acceptors (Lipinski definition) is 3. The van der Waals surface area contributed by atoms with Gasteiger partial charge >= 0.3 is 0 Å². The number of carbonyl (C=O) groups excluding carboxylic acids is 1. The summed E-state index contributed by atoms with van der Waals surface area (Å²) >= 11 is 0. The lowest BCUT2D eigenvalue weighted by Gasteiger charge is -2.35. The Morgan fingerprint density at radius 1 is 1.40 bits per heavy atom. The van der Waals surface area contributed by atoms with Crippen LogP contribution in [-0.2, 0) is 4.79 Å². The number of rotatable bonds is 4. The molecule has 0 aliphatic carbocycles. The number of benzene rings is 1. The first-order valence-corrected chi connectivity index (χ1v) is 7.37. The standard InChI is InChI=1S/C16H24N2O2/c1-12(13-5-7-14(17)8-6-13)10-16(20)18-9-3-2-4-15(18)11-19/h5-8,12,15,19H,2-4,9-11,17H2,1H3. The van der Waals surface area contributed by atoms with Crippen LogP contribution in [0.3, 0.4) is 0 Å². The smallest absolute Gasteiger partial charge is 0.223 e. The fourth-order valence-corrected chi connectivity index (χ4v) is 2.84. The van der Waals surface area contributed by atoms with Crippen LogP contribution in [0.5, 0.6) is 0 Å². The van der Waals surface area contributed by atoms with Crippen molar-refractivity contribution >= 4 is 11.6 Å². The predicted octanol–water partition coefficient (Wildman–Crippen LogP) is 2.14. The number of carbonyl (C=O) groups is 1. The van der Waals surface area contributed by atoms with Crippen molar-refractivity contribution in [3.8, 4) is 0 Å². The molecule has 1 amide bonds. The molecule has 3 N–H and O–H groups in total. The Kier molecular flexibility index (Phi) is 5.01. The summed E-state index contributed by atoms with van der Waals surface area (Å²) in [6.07, 6.45) is 3.54. The molecule has 1 aliphatic rings. The number of likely N-dealkylation sites (tertiary alicyclic amines) is 1. The number of nitrogens with zero attached hydrogens (tertiary/aromatic N) is 1. The van der Waals surface area contributed by atoms with E-state index in [1.807, 2.05) is 29.2 Å². The van der Waals surface area contributed by atoms with Gasteiger partial charge < -0.3 is 15.7 Å². The largest absolute Gasteiger partial charge is 0.399 e. The lowest BCUT2D eigenvalue weighted by atomic mass is 9.95. The molecular weight excluding hydrogens is 252 g/mol. The van der Waals surface area contributed by atoms with Crippen molar-refractivity contribution in [3.63, 3.8) is 0 Å². The van der Waals surface area contributed by atoms with Gasteiger partial charge in [0.05, 0.1) is 12.6 Å². The summed E-state index contributed by atoms with van der Waals surface area (Å²) in [4.78, 5) is 14.3. The van der Waals surface area contributed by atoms with Crippen LogP contribution in [0.1, 0.15) is 44.1 Å². The van der Waals surface area contributed by atoms with Crippen molar-refractivity contribution in [1.29, 1.82) is 0 Å². The number of hydrogen-bond donors (Lipinski definition) is 2. The Morgan fingerprint density at radius 3 is 2.75 bits per heavy atom. The molecule has 1 fully saturated rings. The lowest BCUT2D eigenvalue weighted by molar-refractivity contribution is -0.136. The molecule has 2 atom stereocenters. The van der Waals surface area contributed by atoms with E-state index in [1.165, 1.54) is 0 Å². The second kappa shape index (κ2) is 6.75. The molecule has 1 aromatic rings. The summed E-state index contributed by atoms with van der Waals surface area (Å²) in [6, 6.07) is 7.71. The zero-order valence-electron chi connectivity index (χ0n) is 12.1.